The molecule has 2 aromatic rings. The molecule has 1 heterocycles. The quantitative estimate of drug-likeness (QED) is 0.697. The molecule has 25 heavy (non-hydrogen) atoms. The first-order valence-electron chi connectivity index (χ1n) is 8.12. The van der Waals surface area contributed by atoms with Crippen LogP contribution in [0.5, 0.6) is 0 Å². The molecule has 132 valence electrons. The molecule has 7 heteroatoms. The monoisotopic (exact) mass is 470 g/mol. The Labute approximate surface area is 161 Å². The fourth-order valence-corrected chi connectivity index (χ4v) is 4.98. The standard InChI is InChI=1S/C18H19IN2O3S/c19-14-9-11-15(12-10-14)20-18(22)17-8-4-5-13-21(17)25(23,24)16-6-2-1-3-7-16/h1-3,6-7,9-12,17H,4-5,8,13H2,(H,20,22). The van der Waals surface area contributed by atoms with Gasteiger partial charge in [-0.05, 0) is 71.8 Å². The number of benzene rings is 2. The van der Waals surface area contributed by atoms with Crippen molar-refractivity contribution < 1.29 is 13.2 Å². The number of anilines is 1. The molecule has 1 fully saturated rings. The number of nitrogens with one attached hydrogen (secondary N) is 1. The van der Waals surface area contributed by atoms with Crippen molar-refractivity contribution in [3.63, 3.8) is 0 Å². The second-order valence-corrected chi connectivity index (χ2v) is 9.07. The van der Waals surface area contributed by atoms with Crippen molar-refractivity contribution in [2.24, 2.45) is 0 Å². The molecule has 5 nitrogen and oxygen atoms in total. The second-order valence-electron chi connectivity index (χ2n) is 5.94. The zero-order chi connectivity index (χ0) is 17.9. The molecule has 0 saturated carbocycles. The van der Waals surface area contributed by atoms with Gasteiger partial charge in [-0.25, -0.2) is 8.42 Å². The molecule has 0 aromatic heterocycles. The van der Waals surface area contributed by atoms with Crippen molar-refractivity contribution in [1.29, 1.82) is 0 Å². The van der Waals surface area contributed by atoms with Crippen LogP contribution in [0, 0.1) is 3.57 Å². The average Bonchev–Trinajstić information content (AvgIpc) is 2.64. The normalized spacial score (nSPS) is 18.7. The van der Waals surface area contributed by atoms with Crippen LogP contribution in [0.25, 0.3) is 0 Å². The minimum Gasteiger partial charge on any atom is -0.325 e. The summed E-state index contributed by atoms with van der Waals surface area (Å²) in [7, 11) is -3.68. The first-order chi connectivity index (χ1) is 12.0. The van der Waals surface area contributed by atoms with E-state index in [-0.39, 0.29) is 10.8 Å². The Balaban J connectivity index is 1.83. The number of hydrogen-bond acceptors (Lipinski definition) is 3. The number of halogens is 1. The summed E-state index contributed by atoms with van der Waals surface area (Å²) in [6, 6.07) is 15.0. The van der Waals surface area contributed by atoms with Gasteiger partial charge in [-0.2, -0.15) is 4.31 Å². The molecule has 2 aromatic carbocycles. The van der Waals surface area contributed by atoms with Crippen LogP contribution in [0.1, 0.15) is 19.3 Å². The smallest absolute Gasteiger partial charge is 0.243 e. The number of nitrogens with zero attached hydrogens (tertiary/aromatic N) is 1. The number of hydrogen-bond donors (Lipinski definition) is 1. The molecule has 3 rings (SSSR count). The highest BCUT2D eigenvalue weighted by molar-refractivity contribution is 14.1. The molecule has 1 unspecified atom stereocenters. The van der Waals surface area contributed by atoms with E-state index in [1.54, 1.807) is 30.3 Å². The van der Waals surface area contributed by atoms with Crippen LogP contribution in [0.4, 0.5) is 5.69 Å². The molecule has 1 N–H and O–H groups in total. The number of piperidine rings is 1. The van der Waals surface area contributed by atoms with E-state index in [1.165, 1.54) is 4.31 Å². The molecular weight excluding hydrogens is 451 g/mol. The van der Waals surface area contributed by atoms with Crippen molar-refractivity contribution in [2.75, 3.05) is 11.9 Å². The Bertz CT molecular complexity index is 838. The van der Waals surface area contributed by atoms with E-state index in [1.807, 2.05) is 24.3 Å². The van der Waals surface area contributed by atoms with Crippen LogP contribution >= 0.6 is 22.6 Å². The number of amides is 1. The lowest BCUT2D eigenvalue weighted by Gasteiger charge is -2.33. The predicted octanol–water partition coefficient (Wildman–Crippen LogP) is 3.47. The molecule has 1 amide bonds. The van der Waals surface area contributed by atoms with Gasteiger partial charge >= 0.3 is 0 Å². The van der Waals surface area contributed by atoms with Crippen molar-refractivity contribution in [1.82, 2.24) is 4.31 Å². The van der Waals surface area contributed by atoms with Crippen molar-refractivity contribution in [3.8, 4) is 0 Å². The second kappa shape index (κ2) is 7.84. The zero-order valence-corrected chi connectivity index (χ0v) is 16.5. The van der Waals surface area contributed by atoms with E-state index in [9.17, 15) is 13.2 Å². The molecule has 1 atom stereocenters. The fraction of sp³-hybridized carbons (Fsp3) is 0.278. The number of rotatable bonds is 4. The molecule has 1 aliphatic rings. The molecule has 0 radical (unpaired) electrons. The van der Waals surface area contributed by atoms with Gasteiger partial charge in [-0.3, -0.25) is 4.79 Å². The van der Waals surface area contributed by atoms with Gasteiger partial charge in [-0.15, -0.1) is 0 Å². The molecule has 0 bridgehead atoms. The van der Waals surface area contributed by atoms with E-state index in [0.717, 1.165) is 16.4 Å². The third-order valence-electron chi connectivity index (χ3n) is 4.22. The Morgan fingerprint density at radius 1 is 1.04 bits per heavy atom. The highest BCUT2D eigenvalue weighted by Crippen LogP contribution is 2.26. The van der Waals surface area contributed by atoms with Crippen LogP contribution in [-0.4, -0.2) is 31.2 Å². The van der Waals surface area contributed by atoms with E-state index < -0.39 is 16.1 Å². The summed E-state index contributed by atoms with van der Waals surface area (Å²) in [6.45, 7) is 0.363. The third-order valence-corrected chi connectivity index (χ3v) is 6.86. The lowest BCUT2D eigenvalue weighted by atomic mass is 10.0. The molecule has 1 aliphatic heterocycles. The molecular formula is C18H19IN2O3S. The lowest BCUT2D eigenvalue weighted by Crippen LogP contribution is -2.49. The first kappa shape index (κ1) is 18.3. The van der Waals surface area contributed by atoms with Gasteiger partial charge in [0, 0.05) is 15.8 Å². The maximum absolute atomic E-state index is 12.9. The van der Waals surface area contributed by atoms with Gasteiger partial charge in [0.2, 0.25) is 15.9 Å². The van der Waals surface area contributed by atoms with E-state index in [2.05, 4.69) is 27.9 Å². The maximum Gasteiger partial charge on any atom is 0.243 e. The van der Waals surface area contributed by atoms with Crippen LogP contribution in [0.2, 0.25) is 0 Å². The summed E-state index contributed by atoms with van der Waals surface area (Å²) in [5.41, 5.74) is 0.674. The third kappa shape index (κ3) is 4.21. The number of carbonyl (C=O) groups is 1. The summed E-state index contributed by atoms with van der Waals surface area (Å²) in [5.74, 6) is -0.277. The summed E-state index contributed by atoms with van der Waals surface area (Å²) < 4.78 is 28.3. The maximum atomic E-state index is 12.9. The summed E-state index contributed by atoms with van der Waals surface area (Å²) in [5, 5.41) is 2.84. The highest BCUT2D eigenvalue weighted by Gasteiger charge is 2.37. The van der Waals surface area contributed by atoms with Crippen LogP contribution in [-0.2, 0) is 14.8 Å². The largest absolute Gasteiger partial charge is 0.325 e. The zero-order valence-electron chi connectivity index (χ0n) is 13.6. The van der Waals surface area contributed by atoms with Crippen LogP contribution in [0.3, 0.4) is 0 Å². The van der Waals surface area contributed by atoms with Gasteiger partial charge in [0.25, 0.3) is 0 Å². The predicted molar refractivity (Wildman–Crippen MR) is 106 cm³/mol. The van der Waals surface area contributed by atoms with E-state index in [4.69, 9.17) is 0 Å². The molecule has 0 aliphatic carbocycles. The van der Waals surface area contributed by atoms with Gasteiger partial charge in [0.05, 0.1) is 4.90 Å². The SMILES string of the molecule is O=C(Nc1ccc(I)cc1)C1CCCCN1S(=O)(=O)c1ccccc1. The Kier molecular flexibility index (Phi) is 5.75. The van der Waals surface area contributed by atoms with Crippen molar-refractivity contribution in [2.45, 2.75) is 30.2 Å². The fourth-order valence-electron chi connectivity index (χ4n) is 2.94. The minimum atomic E-state index is -3.68. The Morgan fingerprint density at radius 3 is 2.40 bits per heavy atom. The minimum absolute atomic E-state index is 0.226. The van der Waals surface area contributed by atoms with Gasteiger partial charge in [-0.1, -0.05) is 24.6 Å². The van der Waals surface area contributed by atoms with Gasteiger partial charge < -0.3 is 5.32 Å². The van der Waals surface area contributed by atoms with Gasteiger partial charge in [0.1, 0.15) is 6.04 Å². The Morgan fingerprint density at radius 2 is 1.72 bits per heavy atom. The van der Waals surface area contributed by atoms with Crippen LogP contribution < -0.4 is 5.32 Å². The van der Waals surface area contributed by atoms with Crippen molar-refractivity contribution >= 4 is 44.2 Å². The summed E-state index contributed by atoms with van der Waals surface area (Å²) in [6.07, 6.45) is 2.13. The van der Waals surface area contributed by atoms with Crippen molar-refractivity contribution in [3.05, 3.63) is 58.2 Å². The number of carbonyl (C=O) groups excluding carboxylic acids is 1. The molecule has 0 spiro atoms. The topological polar surface area (TPSA) is 66.5 Å². The summed E-state index contributed by atoms with van der Waals surface area (Å²) >= 11 is 2.19. The Hall–Kier alpha value is -1.45. The number of sulfonamides is 1. The summed E-state index contributed by atoms with van der Waals surface area (Å²) in [4.78, 5) is 12.9. The lowest BCUT2D eigenvalue weighted by molar-refractivity contribution is -0.120. The first-order valence-corrected chi connectivity index (χ1v) is 10.6. The van der Waals surface area contributed by atoms with Gasteiger partial charge in [0.15, 0.2) is 0 Å². The molecule has 1 saturated heterocycles. The van der Waals surface area contributed by atoms with Crippen LogP contribution in [0.15, 0.2) is 59.5 Å². The van der Waals surface area contributed by atoms with E-state index >= 15 is 0 Å². The average molecular weight is 470 g/mol. The highest BCUT2D eigenvalue weighted by atomic mass is 127. The van der Waals surface area contributed by atoms with E-state index in [0.29, 0.717) is 18.7 Å².